The van der Waals surface area contributed by atoms with Crippen molar-refractivity contribution in [2.45, 2.75) is 31.4 Å². The Morgan fingerprint density at radius 1 is 1.27 bits per heavy atom. The van der Waals surface area contributed by atoms with E-state index < -0.39 is 48.3 Å². The van der Waals surface area contributed by atoms with Crippen LogP contribution in [0.3, 0.4) is 0 Å². The molecule has 1 aromatic carbocycles. The van der Waals surface area contributed by atoms with Crippen LogP contribution in [0.25, 0.3) is 0 Å². The third-order valence-corrected chi connectivity index (χ3v) is 3.52. The van der Waals surface area contributed by atoms with Crippen molar-refractivity contribution >= 4 is 17.4 Å². The van der Waals surface area contributed by atoms with E-state index in [1.54, 1.807) is 0 Å². The predicted octanol–water partition coefficient (Wildman–Crippen LogP) is 2.45. The average molecular weight is 384 g/mol. The Morgan fingerprint density at radius 2 is 1.92 bits per heavy atom. The van der Waals surface area contributed by atoms with E-state index in [9.17, 15) is 31.1 Å². The van der Waals surface area contributed by atoms with Crippen molar-refractivity contribution in [2.75, 3.05) is 11.9 Å². The Kier molecular flexibility index (Phi) is 5.35. The highest BCUT2D eigenvalue weighted by Gasteiger charge is 2.39. The van der Waals surface area contributed by atoms with Gasteiger partial charge in [-0.2, -0.15) is 31.4 Å². The number of alkyl halides is 6. The number of rotatable bonds is 4. The SMILES string of the molecule is C[C@@H]1NC(=O)NN=C1c1ccc(NC[C@H](O)C(F)(F)F)c(C(F)(F)F)c1. The van der Waals surface area contributed by atoms with E-state index in [-0.39, 0.29) is 11.3 Å². The van der Waals surface area contributed by atoms with Crippen molar-refractivity contribution in [2.24, 2.45) is 5.10 Å². The molecule has 0 radical (unpaired) electrons. The topological polar surface area (TPSA) is 85.8 Å². The summed E-state index contributed by atoms with van der Waals surface area (Å²) in [7, 11) is 0. The van der Waals surface area contributed by atoms with Gasteiger partial charge in [0.1, 0.15) is 0 Å². The molecule has 0 saturated carbocycles. The van der Waals surface area contributed by atoms with Gasteiger partial charge in [0.15, 0.2) is 6.10 Å². The van der Waals surface area contributed by atoms with E-state index >= 15 is 0 Å². The number of hydrazone groups is 1. The number of carbonyl (C=O) groups is 1. The van der Waals surface area contributed by atoms with Gasteiger partial charge in [0.05, 0.1) is 17.3 Å². The lowest BCUT2D eigenvalue weighted by Crippen LogP contribution is -2.48. The molecular weight excluding hydrogens is 370 g/mol. The lowest BCUT2D eigenvalue weighted by molar-refractivity contribution is -0.198. The maximum atomic E-state index is 13.3. The summed E-state index contributed by atoms with van der Waals surface area (Å²) in [6.07, 6.45) is -12.6. The molecule has 0 fully saturated rings. The normalized spacial score (nSPS) is 19.3. The first kappa shape index (κ1) is 19.8. The Labute approximate surface area is 143 Å². The number of amides is 2. The first-order valence-electron chi connectivity index (χ1n) is 7.24. The summed E-state index contributed by atoms with van der Waals surface area (Å²) < 4.78 is 76.7. The van der Waals surface area contributed by atoms with Gasteiger partial charge in [0.25, 0.3) is 0 Å². The highest BCUT2D eigenvalue weighted by molar-refractivity contribution is 6.07. The van der Waals surface area contributed by atoms with Gasteiger partial charge in [-0.05, 0) is 19.1 Å². The Morgan fingerprint density at radius 3 is 2.46 bits per heavy atom. The zero-order valence-corrected chi connectivity index (χ0v) is 13.2. The van der Waals surface area contributed by atoms with Crippen molar-refractivity contribution in [1.29, 1.82) is 0 Å². The summed E-state index contributed by atoms with van der Waals surface area (Å²) in [4.78, 5) is 11.1. The summed E-state index contributed by atoms with van der Waals surface area (Å²) >= 11 is 0. The molecule has 12 heteroatoms. The number of nitrogens with one attached hydrogen (secondary N) is 3. The Bertz CT molecular complexity index is 716. The van der Waals surface area contributed by atoms with E-state index in [0.717, 1.165) is 6.07 Å². The van der Waals surface area contributed by atoms with Crippen LogP contribution >= 0.6 is 0 Å². The maximum absolute atomic E-state index is 13.3. The van der Waals surface area contributed by atoms with E-state index in [4.69, 9.17) is 5.11 Å². The standard InChI is InChI=1S/C14H14F6N4O2/c1-6-11(23-24-12(26)22-6)7-2-3-9(8(4-7)13(15,16)17)21-5-10(25)14(18,19)20/h2-4,6,10,21,25H,5H2,1H3,(H2,22,24,26)/t6-,10-/m0/s1. The molecule has 0 aromatic heterocycles. The summed E-state index contributed by atoms with van der Waals surface area (Å²) in [6.45, 7) is 0.373. The fourth-order valence-corrected chi connectivity index (χ4v) is 2.23. The number of nitrogens with zero attached hydrogens (tertiary/aromatic N) is 1. The summed E-state index contributed by atoms with van der Waals surface area (Å²) in [5.41, 5.74) is 0.377. The highest BCUT2D eigenvalue weighted by atomic mass is 19.4. The number of benzene rings is 1. The van der Waals surface area contributed by atoms with Crippen LogP contribution in [0, 0.1) is 0 Å². The monoisotopic (exact) mass is 384 g/mol. The molecule has 1 aliphatic heterocycles. The van der Waals surface area contributed by atoms with Gasteiger partial charge in [0.2, 0.25) is 0 Å². The van der Waals surface area contributed by atoms with E-state index in [0.29, 0.717) is 6.07 Å². The zero-order chi connectivity index (χ0) is 19.7. The summed E-state index contributed by atoms with van der Waals surface area (Å²) in [5, 5.41) is 17.0. The predicted molar refractivity (Wildman–Crippen MR) is 79.7 cm³/mol. The summed E-state index contributed by atoms with van der Waals surface area (Å²) in [5.74, 6) is 0. The zero-order valence-electron chi connectivity index (χ0n) is 13.2. The fourth-order valence-electron chi connectivity index (χ4n) is 2.23. The Balaban J connectivity index is 2.32. The number of urea groups is 1. The third-order valence-electron chi connectivity index (χ3n) is 3.52. The van der Waals surface area contributed by atoms with Crippen LogP contribution in [-0.4, -0.2) is 41.7 Å². The number of hydrogen-bond donors (Lipinski definition) is 4. The van der Waals surface area contributed by atoms with Crippen LogP contribution in [0.4, 0.5) is 36.8 Å². The van der Waals surface area contributed by atoms with Crippen LogP contribution in [-0.2, 0) is 6.18 Å². The maximum Gasteiger partial charge on any atom is 0.418 e. The first-order valence-corrected chi connectivity index (χ1v) is 7.24. The van der Waals surface area contributed by atoms with Crippen LogP contribution in [0.5, 0.6) is 0 Å². The number of hydrogen-bond acceptors (Lipinski definition) is 4. The molecule has 0 spiro atoms. The second kappa shape index (κ2) is 7.02. The lowest BCUT2D eigenvalue weighted by Gasteiger charge is -2.23. The van der Waals surface area contributed by atoms with Crippen molar-refractivity contribution in [1.82, 2.24) is 10.7 Å². The number of carbonyl (C=O) groups excluding carboxylic acids is 1. The second-order valence-electron chi connectivity index (χ2n) is 5.50. The Hall–Kier alpha value is -2.50. The highest BCUT2D eigenvalue weighted by Crippen LogP contribution is 2.36. The van der Waals surface area contributed by atoms with Gasteiger partial charge >= 0.3 is 18.4 Å². The van der Waals surface area contributed by atoms with Crippen LogP contribution in [0.15, 0.2) is 23.3 Å². The smallest absolute Gasteiger partial charge is 0.382 e. The molecule has 2 amide bonds. The molecule has 26 heavy (non-hydrogen) atoms. The van der Waals surface area contributed by atoms with Gasteiger partial charge in [-0.3, -0.25) is 0 Å². The molecule has 1 heterocycles. The molecule has 4 N–H and O–H groups in total. The number of anilines is 1. The fraction of sp³-hybridized carbons (Fsp3) is 0.429. The van der Waals surface area contributed by atoms with Gasteiger partial charge in [-0.25, -0.2) is 10.2 Å². The molecule has 0 aliphatic carbocycles. The van der Waals surface area contributed by atoms with Crippen molar-refractivity contribution < 1.29 is 36.2 Å². The molecule has 1 aromatic rings. The number of halogens is 6. The first-order chi connectivity index (χ1) is 11.9. The summed E-state index contributed by atoms with van der Waals surface area (Å²) in [6, 6.07) is 1.57. The number of aliphatic hydroxyl groups is 1. The quantitative estimate of drug-likeness (QED) is 0.602. The van der Waals surface area contributed by atoms with Gasteiger partial charge < -0.3 is 15.7 Å². The van der Waals surface area contributed by atoms with Crippen LogP contribution in [0.2, 0.25) is 0 Å². The second-order valence-corrected chi connectivity index (χ2v) is 5.50. The number of aliphatic hydroxyl groups excluding tert-OH is 1. The van der Waals surface area contributed by atoms with Gasteiger partial charge in [0, 0.05) is 17.8 Å². The molecule has 0 saturated heterocycles. The van der Waals surface area contributed by atoms with E-state index in [2.05, 4.69) is 15.8 Å². The molecule has 0 bridgehead atoms. The molecule has 6 nitrogen and oxygen atoms in total. The minimum atomic E-state index is -4.96. The largest absolute Gasteiger partial charge is 0.418 e. The van der Waals surface area contributed by atoms with E-state index in [1.165, 1.54) is 13.0 Å². The van der Waals surface area contributed by atoms with Crippen molar-refractivity contribution in [3.63, 3.8) is 0 Å². The molecule has 2 atom stereocenters. The minimum Gasteiger partial charge on any atom is -0.382 e. The lowest BCUT2D eigenvalue weighted by atomic mass is 10.00. The molecular formula is C14H14F6N4O2. The average Bonchev–Trinajstić information content (AvgIpc) is 2.50. The minimum absolute atomic E-state index is 0.0271. The van der Waals surface area contributed by atoms with Crippen LogP contribution in [0.1, 0.15) is 18.1 Å². The van der Waals surface area contributed by atoms with E-state index in [1.807, 2.05) is 5.32 Å². The third kappa shape index (κ3) is 4.56. The molecule has 0 unspecified atom stereocenters. The molecule has 2 rings (SSSR count). The van der Waals surface area contributed by atoms with Gasteiger partial charge in [-0.15, -0.1) is 0 Å². The van der Waals surface area contributed by atoms with Crippen molar-refractivity contribution in [3.8, 4) is 0 Å². The molecule has 1 aliphatic rings. The van der Waals surface area contributed by atoms with Crippen molar-refractivity contribution in [3.05, 3.63) is 29.3 Å². The van der Waals surface area contributed by atoms with Gasteiger partial charge in [-0.1, -0.05) is 6.07 Å². The molecule has 144 valence electrons. The van der Waals surface area contributed by atoms with Crippen LogP contribution < -0.4 is 16.1 Å².